The minimum atomic E-state index is -4.15. The maximum absolute atomic E-state index is 12.7. The highest BCUT2D eigenvalue weighted by Gasteiger charge is 2.41. The standard InChI is InChI=1S/C17H17F3N6O2/c18-17(19,20)13-3-1-10(2-4-13)6-22-14(27)12-8-24-26(9-12)16-23-7-11(5-21)15(28)25-16/h7-10,13H,1-4,6H2,(H,22,27)(H,23,25,28). The van der Waals surface area contributed by atoms with Crippen molar-refractivity contribution in [2.75, 3.05) is 6.54 Å². The number of hydrogen-bond donors (Lipinski definition) is 2. The maximum Gasteiger partial charge on any atom is 0.391 e. The third-order valence-corrected chi connectivity index (χ3v) is 4.83. The Balaban J connectivity index is 1.56. The lowest BCUT2D eigenvalue weighted by atomic mass is 9.81. The minimum Gasteiger partial charge on any atom is -0.352 e. The molecular weight excluding hydrogens is 377 g/mol. The highest BCUT2D eigenvalue weighted by molar-refractivity contribution is 5.93. The SMILES string of the molecule is N#Cc1cnc(-n2cc(C(=O)NCC3CCC(C(F)(F)F)CC3)cn2)[nH]c1=O. The van der Waals surface area contributed by atoms with Gasteiger partial charge < -0.3 is 5.32 Å². The number of halogens is 3. The number of rotatable bonds is 4. The van der Waals surface area contributed by atoms with Gasteiger partial charge in [0.1, 0.15) is 11.6 Å². The van der Waals surface area contributed by atoms with E-state index in [1.54, 1.807) is 6.07 Å². The Morgan fingerprint density at radius 3 is 2.64 bits per heavy atom. The van der Waals surface area contributed by atoms with Crippen molar-refractivity contribution in [2.45, 2.75) is 31.9 Å². The van der Waals surface area contributed by atoms with Crippen LogP contribution in [0.5, 0.6) is 0 Å². The molecule has 8 nitrogen and oxygen atoms in total. The monoisotopic (exact) mass is 394 g/mol. The van der Waals surface area contributed by atoms with Gasteiger partial charge >= 0.3 is 6.18 Å². The van der Waals surface area contributed by atoms with Crippen molar-refractivity contribution < 1.29 is 18.0 Å². The van der Waals surface area contributed by atoms with Crippen molar-refractivity contribution in [1.29, 1.82) is 5.26 Å². The molecule has 0 radical (unpaired) electrons. The molecule has 2 aromatic rings. The first-order valence-corrected chi connectivity index (χ1v) is 8.67. The van der Waals surface area contributed by atoms with Crippen LogP contribution in [-0.4, -0.2) is 38.4 Å². The van der Waals surface area contributed by atoms with Crippen LogP contribution < -0.4 is 10.9 Å². The Morgan fingerprint density at radius 2 is 2.04 bits per heavy atom. The van der Waals surface area contributed by atoms with Crippen LogP contribution >= 0.6 is 0 Å². The summed E-state index contributed by atoms with van der Waals surface area (Å²) in [6.45, 7) is 0.292. The molecule has 2 N–H and O–H groups in total. The number of H-pyrrole nitrogens is 1. The summed E-state index contributed by atoms with van der Waals surface area (Å²) < 4.78 is 39.3. The largest absolute Gasteiger partial charge is 0.391 e. The van der Waals surface area contributed by atoms with Gasteiger partial charge in [-0.25, -0.2) is 9.67 Å². The Kier molecular flexibility index (Phi) is 5.48. The molecule has 0 aromatic carbocycles. The topological polar surface area (TPSA) is 116 Å². The first-order valence-electron chi connectivity index (χ1n) is 8.67. The Morgan fingerprint density at radius 1 is 1.32 bits per heavy atom. The van der Waals surface area contributed by atoms with Gasteiger partial charge in [0.2, 0.25) is 5.95 Å². The molecule has 2 aromatic heterocycles. The molecule has 28 heavy (non-hydrogen) atoms. The van der Waals surface area contributed by atoms with Gasteiger partial charge in [-0.05, 0) is 31.6 Å². The van der Waals surface area contributed by atoms with Gasteiger partial charge in [0.05, 0.1) is 23.9 Å². The molecule has 1 amide bonds. The predicted octanol–water partition coefficient (Wildman–Crippen LogP) is 1.93. The number of aromatic amines is 1. The van der Waals surface area contributed by atoms with Crippen molar-refractivity contribution in [3.8, 4) is 12.0 Å². The normalized spacial score (nSPS) is 19.8. The minimum absolute atomic E-state index is 0.00847. The summed E-state index contributed by atoms with van der Waals surface area (Å²) in [4.78, 5) is 30.2. The molecule has 0 aliphatic heterocycles. The van der Waals surface area contributed by atoms with Gasteiger partial charge in [-0.1, -0.05) is 0 Å². The molecule has 11 heteroatoms. The summed E-state index contributed by atoms with van der Waals surface area (Å²) >= 11 is 0. The first-order chi connectivity index (χ1) is 13.3. The van der Waals surface area contributed by atoms with Crippen molar-refractivity contribution >= 4 is 5.91 Å². The van der Waals surface area contributed by atoms with Gasteiger partial charge in [0.15, 0.2) is 0 Å². The zero-order valence-corrected chi connectivity index (χ0v) is 14.7. The van der Waals surface area contributed by atoms with Crippen molar-refractivity contribution in [1.82, 2.24) is 25.1 Å². The lowest BCUT2D eigenvalue weighted by Gasteiger charge is -2.29. The van der Waals surface area contributed by atoms with Gasteiger partial charge in [-0.15, -0.1) is 0 Å². The second-order valence-electron chi connectivity index (χ2n) is 6.70. The maximum atomic E-state index is 12.7. The Labute approximate surface area is 157 Å². The van der Waals surface area contributed by atoms with E-state index >= 15 is 0 Å². The van der Waals surface area contributed by atoms with Crippen LogP contribution in [0.2, 0.25) is 0 Å². The predicted molar refractivity (Wildman–Crippen MR) is 90.5 cm³/mol. The van der Waals surface area contributed by atoms with E-state index in [9.17, 15) is 22.8 Å². The number of aromatic nitrogens is 4. The second-order valence-corrected chi connectivity index (χ2v) is 6.70. The summed E-state index contributed by atoms with van der Waals surface area (Å²) in [5.74, 6) is -1.61. The van der Waals surface area contributed by atoms with E-state index in [2.05, 4.69) is 20.4 Å². The number of carbonyl (C=O) groups excluding carboxylic acids is 1. The molecule has 3 rings (SSSR count). The molecule has 1 fully saturated rings. The highest BCUT2D eigenvalue weighted by Crippen LogP contribution is 2.39. The van der Waals surface area contributed by atoms with Gasteiger partial charge in [-0.2, -0.15) is 23.5 Å². The fourth-order valence-electron chi connectivity index (χ4n) is 3.17. The van der Waals surface area contributed by atoms with Crippen LogP contribution in [0.25, 0.3) is 5.95 Å². The van der Waals surface area contributed by atoms with Gasteiger partial charge in [0.25, 0.3) is 11.5 Å². The number of nitrogens with zero attached hydrogens (tertiary/aromatic N) is 4. The number of nitriles is 1. The van der Waals surface area contributed by atoms with Crippen molar-refractivity contribution in [3.05, 3.63) is 40.1 Å². The number of carbonyl (C=O) groups is 1. The molecule has 0 spiro atoms. The number of alkyl halides is 3. The summed E-state index contributed by atoms with van der Waals surface area (Å²) in [6.07, 6.45) is 0.601. The summed E-state index contributed by atoms with van der Waals surface area (Å²) in [7, 11) is 0. The number of amides is 1. The van der Waals surface area contributed by atoms with Gasteiger partial charge in [-0.3, -0.25) is 14.6 Å². The fraction of sp³-hybridized carbons (Fsp3) is 0.471. The number of hydrogen-bond acceptors (Lipinski definition) is 5. The fourth-order valence-corrected chi connectivity index (χ4v) is 3.17. The van der Waals surface area contributed by atoms with Crippen molar-refractivity contribution in [2.24, 2.45) is 11.8 Å². The zero-order valence-electron chi connectivity index (χ0n) is 14.7. The lowest BCUT2D eigenvalue weighted by Crippen LogP contribution is -2.34. The molecule has 0 bridgehead atoms. The van der Waals surface area contributed by atoms with E-state index in [1.165, 1.54) is 17.1 Å². The smallest absolute Gasteiger partial charge is 0.352 e. The summed E-state index contributed by atoms with van der Waals surface area (Å²) in [5, 5.41) is 15.4. The third-order valence-electron chi connectivity index (χ3n) is 4.83. The van der Waals surface area contributed by atoms with Crippen LogP contribution in [-0.2, 0) is 0 Å². The average Bonchev–Trinajstić information content (AvgIpc) is 3.16. The Hall–Kier alpha value is -3.16. The second kappa shape index (κ2) is 7.84. The van der Waals surface area contributed by atoms with Crippen LogP contribution in [0.3, 0.4) is 0 Å². The molecule has 1 aliphatic rings. The summed E-state index contributed by atoms with van der Waals surface area (Å²) in [5.41, 5.74) is -0.548. The highest BCUT2D eigenvalue weighted by atomic mass is 19.4. The molecule has 0 saturated heterocycles. The van der Waals surface area contributed by atoms with E-state index in [-0.39, 0.29) is 35.8 Å². The molecule has 0 unspecified atom stereocenters. The van der Waals surface area contributed by atoms with E-state index in [0.29, 0.717) is 19.4 Å². The third kappa shape index (κ3) is 4.39. The van der Waals surface area contributed by atoms with E-state index in [4.69, 9.17) is 5.26 Å². The van der Waals surface area contributed by atoms with Crippen LogP contribution in [0.1, 0.15) is 41.6 Å². The molecule has 2 heterocycles. The first kappa shape index (κ1) is 19.6. The Bertz CT molecular complexity index is 951. The van der Waals surface area contributed by atoms with E-state index < -0.39 is 23.6 Å². The summed E-state index contributed by atoms with van der Waals surface area (Å²) in [6, 6.07) is 1.69. The zero-order chi connectivity index (χ0) is 20.3. The lowest BCUT2D eigenvalue weighted by molar-refractivity contribution is -0.183. The van der Waals surface area contributed by atoms with Crippen LogP contribution in [0.4, 0.5) is 13.2 Å². The average molecular weight is 394 g/mol. The van der Waals surface area contributed by atoms with Crippen LogP contribution in [0, 0.1) is 23.2 Å². The van der Waals surface area contributed by atoms with E-state index in [0.717, 1.165) is 6.20 Å². The molecule has 0 atom stereocenters. The van der Waals surface area contributed by atoms with E-state index in [1.807, 2.05) is 0 Å². The number of nitrogens with one attached hydrogen (secondary N) is 2. The molecule has 1 saturated carbocycles. The molecule has 1 aliphatic carbocycles. The van der Waals surface area contributed by atoms with Crippen molar-refractivity contribution in [3.63, 3.8) is 0 Å². The molecule has 148 valence electrons. The van der Waals surface area contributed by atoms with Gasteiger partial charge in [0, 0.05) is 12.7 Å². The van der Waals surface area contributed by atoms with Crippen LogP contribution in [0.15, 0.2) is 23.4 Å². The molecular formula is C17H17F3N6O2. The quantitative estimate of drug-likeness (QED) is 0.822.